The molecule has 0 radical (unpaired) electrons. The van der Waals surface area contributed by atoms with Gasteiger partial charge in [0.05, 0.1) is 6.54 Å². The topological polar surface area (TPSA) is 62.5 Å². The average molecular weight is 265 g/mol. The Morgan fingerprint density at radius 2 is 2.16 bits per heavy atom. The zero-order valence-electron chi connectivity index (χ0n) is 11.8. The van der Waals surface area contributed by atoms with E-state index < -0.39 is 5.97 Å². The van der Waals surface area contributed by atoms with Gasteiger partial charge in [-0.25, -0.2) is 4.79 Å². The zero-order valence-corrected chi connectivity index (χ0v) is 11.8. The number of furan rings is 1. The van der Waals surface area contributed by atoms with Crippen molar-refractivity contribution < 1.29 is 14.3 Å². The lowest BCUT2D eigenvalue weighted by atomic mass is 9.83. The van der Waals surface area contributed by atoms with Crippen molar-refractivity contribution in [2.75, 3.05) is 6.54 Å². The smallest absolute Gasteiger partial charge is 0.339 e. The summed E-state index contributed by atoms with van der Waals surface area (Å²) >= 11 is 0. The van der Waals surface area contributed by atoms with Crippen LogP contribution in [-0.2, 0) is 6.54 Å². The number of nitrogens with one attached hydrogen (secondary N) is 1. The molecule has 1 aliphatic rings. The van der Waals surface area contributed by atoms with Gasteiger partial charge in [-0.3, -0.25) is 0 Å². The highest BCUT2D eigenvalue weighted by atomic mass is 16.4. The maximum absolute atomic E-state index is 10.9. The predicted molar refractivity (Wildman–Crippen MR) is 73.3 cm³/mol. The van der Waals surface area contributed by atoms with Gasteiger partial charge in [-0.05, 0) is 37.7 Å². The van der Waals surface area contributed by atoms with Gasteiger partial charge < -0.3 is 14.8 Å². The minimum absolute atomic E-state index is 0.267. The normalized spacial score (nSPS) is 17.8. The molecule has 106 valence electrons. The van der Waals surface area contributed by atoms with E-state index in [1.54, 1.807) is 13.0 Å². The molecule has 1 aliphatic carbocycles. The largest absolute Gasteiger partial charge is 0.478 e. The summed E-state index contributed by atoms with van der Waals surface area (Å²) in [6, 6.07) is 1.62. The molecule has 1 heterocycles. The van der Waals surface area contributed by atoms with Gasteiger partial charge in [-0.1, -0.05) is 19.8 Å². The van der Waals surface area contributed by atoms with E-state index in [1.807, 2.05) is 0 Å². The van der Waals surface area contributed by atoms with E-state index in [0.29, 0.717) is 23.5 Å². The van der Waals surface area contributed by atoms with Crippen LogP contribution in [0.1, 0.15) is 60.9 Å². The molecule has 0 amide bonds. The van der Waals surface area contributed by atoms with Crippen LogP contribution in [0.3, 0.4) is 0 Å². The number of rotatable bonds is 6. The van der Waals surface area contributed by atoms with Gasteiger partial charge in [0.1, 0.15) is 17.1 Å². The van der Waals surface area contributed by atoms with Crippen LogP contribution >= 0.6 is 0 Å². The van der Waals surface area contributed by atoms with Crippen molar-refractivity contribution in [3.8, 4) is 0 Å². The molecular weight excluding hydrogens is 242 g/mol. The summed E-state index contributed by atoms with van der Waals surface area (Å²) in [4.78, 5) is 10.9. The number of carbonyl (C=O) groups is 1. The molecule has 1 saturated carbocycles. The van der Waals surface area contributed by atoms with E-state index in [9.17, 15) is 4.79 Å². The Morgan fingerprint density at radius 3 is 2.68 bits per heavy atom. The van der Waals surface area contributed by atoms with Gasteiger partial charge >= 0.3 is 5.97 Å². The molecule has 1 fully saturated rings. The molecule has 1 aromatic heterocycles. The summed E-state index contributed by atoms with van der Waals surface area (Å²) < 4.78 is 5.46. The molecule has 0 saturated heterocycles. The van der Waals surface area contributed by atoms with Crippen LogP contribution in [0.25, 0.3) is 0 Å². The molecule has 19 heavy (non-hydrogen) atoms. The van der Waals surface area contributed by atoms with E-state index in [1.165, 1.54) is 32.1 Å². The van der Waals surface area contributed by atoms with Crippen LogP contribution in [0.5, 0.6) is 0 Å². The molecule has 0 spiro atoms. The summed E-state index contributed by atoms with van der Waals surface area (Å²) in [5.74, 6) is 0.267. The number of hydrogen-bond acceptors (Lipinski definition) is 3. The summed E-state index contributed by atoms with van der Waals surface area (Å²) in [5, 5.41) is 12.4. The predicted octanol–water partition coefficient (Wildman–Crippen LogP) is 3.35. The fraction of sp³-hybridized carbons (Fsp3) is 0.667. The average Bonchev–Trinajstić information content (AvgIpc) is 2.97. The number of carboxylic acids is 1. The second kappa shape index (κ2) is 5.78. The van der Waals surface area contributed by atoms with E-state index in [0.717, 1.165) is 6.54 Å². The number of aryl methyl sites for hydroxylation is 1. The van der Waals surface area contributed by atoms with Gasteiger partial charge in [0.25, 0.3) is 0 Å². The Balaban J connectivity index is 1.89. The Bertz CT molecular complexity index is 444. The lowest BCUT2D eigenvalue weighted by molar-refractivity contribution is 0.0695. The molecule has 0 bridgehead atoms. The first kappa shape index (κ1) is 14.1. The second-order valence-electron chi connectivity index (χ2n) is 5.65. The third-order valence-electron chi connectivity index (χ3n) is 4.41. The molecule has 0 aromatic carbocycles. The van der Waals surface area contributed by atoms with Gasteiger partial charge in [0.2, 0.25) is 0 Å². The highest BCUT2D eigenvalue weighted by Gasteiger charge is 2.31. The van der Waals surface area contributed by atoms with Gasteiger partial charge in [-0.2, -0.15) is 0 Å². The summed E-state index contributed by atoms with van der Waals surface area (Å²) in [6.45, 7) is 5.55. The lowest BCUT2D eigenvalue weighted by Gasteiger charge is -2.27. The summed E-state index contributed by atoms with van der Waals surface area (Å²) in [7, 11) is 0. The van der Waals surface area contributed by atoms with Crippen LogP contribution < -0.4 is 5.32 Å². The Kier molecular flexibility index (Phi) is 4.30. The number of aromatic carboxylic acids is 1. The van der Waals surface area contributed by atoms with Crippen LogP contribution in [0, 0.1) is 12.3 Å². The first-order valence-corrected chi connectivity index (χ1v) is 7.10. The highest BCUT2D eigenvalue weighted by Crippen LogP contribution is 2.40. The molecule has 4 heteroatoms. The molecule has 2 N–H and O–H groups in total. The zero-order chi connectivity index (χ0) is 13.9. The fourth-order valence-electron chi connectivity index (χ4n) is 3.07. The molecule has 0 unspecified atom stereocenters. The first-order chi connectivity index (χ1) is 9.06. The van der Waals surface area contributed by atoms with Crippen molar-refractivity contribution >= 4 is 5.97 Å². The molecule has 0 aliphatic heterocycles. The maximum atomic E-state index is 10.9. The minimum Gasteiger partial charge on any atom is -0.478 e. The maximum Gasteiger partial charge on any atom is 0.339 e. The summed E-state index contributed by atoms with van der Waals surface area (Å²) in [5.41, 5.74) is 0.708. The van der Waals surface area contributed by atoms with Crippen LogP contribution in [0.2, 0.25) is 0 Å². The fourth-order valence-corrected chi connectivity index (χ4v) is 3.07. The monoisotopic (exact) mass is 265 g/mol. The van der Waals surface area contributed by atoms with Crippen molar-refractivity contribution in [3.05, 3.63) is 23.2 Å². The lowest BCUT2D eigenvalue weighted by Crippen LogP contribution is -2.31. The SMILES string of the molecule is CCC1(CNCc2cc(C(=O)O)c(C)o2)CCCC1. The van der Waals surface area contributed by atoms with Crippen molar-refractivity contribution in [1.29, 1.82) is 0 Å². The van der Waals surface area contributed by atoms with Crippen LogP contribution in [0.15, 0.2) is 10.5 Å². The Morgan fingerprint density at radius 1 is 1.47 bits per heavy atom. The second-order valence-corrected chi connectivity index (χ2v) is 5.65. The first-order valence-electron chi connectivity index (χ1n) is 7.10. The minimum atomic E-state index is -0.923. The standard InChI is InChI=1S/C15H23NO3/c1-3-15(6-4-5-7-15)10-16-9-12-8-13(14(17)18)11(2)19-12/h8,16H,3-7,9-10H2,1-2H3,(H,17,18). The number of hydrogen-bond donors (Lipinski definition) is 2. The van der Waals surface area contributed by atoms with Crippen molar-refractivity contribution in [2.24, 2.45) is 5.41 Å². The Labute approximate surface area is 114 Å². The van der Waals surface area contributed by atoms with Crippen molar-refractivity contribution in [2.45, 2.75) is 52.5 Å². The quantitative estimate of drug-likeness (QED) is 0.828. The molecule has 0 atom stereocenters. The highest BCUT2D eigenvalue weighted by molar-refractivity contribution is 5.88. The van der Waals surface area contributed by atoms with E-state index in [-0.39, 0.29) is 5.56 Å². The van der Waals surface area contributed by atoms with Gasteiger partial charge in [0, 0.05) is 6.54 Å². The van der Waals surface area contributed by atoms with Gasteiger partial charge in [-0.15, -0.1) is 0 Å². The molecule has 1 aromatic rings. The van der Waals surface area contributed by atoms with Crippen LogP contribution in [-0.4, -0.2) is 17.6 Å². The van der Waals surface area contributed by atoms with E-state index in [2.05, 4.69) is 12.2 Å². The van der Waals surface area contributed by atoms with Gasteiger partial charge in [0.15, 0.2) is 0 Å². The van der Waals surface area contributed by atoms with E-state index in [4.69, 9.17) is 9.52 Å². The Hall–Kier alpha value is -1.29. The van der Waals surface area contributed by atoms with E-state index >= 15 is 0 Å². The summed E-state index contributed by atoms with van der Waals surface area (Å²) in [6.07, 6.45) is 6.47. The van der Waals surface area contributed by atoms with Crippen LogP contribution in [0.4, 0.5) is 0 Å². The third-order valence-corrected chi connectivity index (χ3v) is 4.41. The van der Waals surface area contributed by atoms with Crippen molar-refractivity contribution in [1.82, 2.24) is 5.32 Å². The number of carboxylic acid groups (broad SMARTS) is 1. The van der Waals surface area contributed by atoms with Crippen molar-refractivity contribution in [3.63, 3.8) is 0 Å². The molecule has 4 nitrogen and oxygen atoms in total. The third kappa shape index (κ3) is 3.18. The molecule has 2 rings (SSSR count). The molecular formula is C15H23NO3.